The Balaban J connectivity index is 2.58. The van der Waals surface area contributed by atoms with Crippen LogP contribution in [-0.4, -0.2) is 38.9 Å². The Morgan fingerprint density at radius 1 is 1.71 bits per heavy atom. The summed E-state index contributed by atoms with van der Waals surface area (Å²) in [7, 11) is 3.13. The fraction of sp³-hybridized carbons (Fsp3) is 0.667. The second-order valence-corrected chi connectivity index (χ2v) is 4.07. The van der Waals surface area contributed by atoms with Gasteiger partial charge in [-0.25, -0.2) is 0 Å². The number of ether oxygens (including phenoxy) is 1. The van der Waals surface area contributed by atoms with E-state index in [4.69, 9.17) is 5.73 Å². The number of allylic oxidation sites excluding steroid dienone is 1. The number of nitrogens with one attached hydrogen (secondary N) is 1. The number of carbonyl (C=O) groups excluding carboxylic acids is 1. The van der Waals surface area contributed by atoms with Crippen molar-refractivity contribution in [3.63, 3.8) is 0 Å². The molecule has 1 atom stereocenters. The van der Waals surface area contributed by atoms with E-state index in [1.54, 1.807) is 7.05 Å². The third-order valence-electron chi connectivity index (χ3n) is 2.85. The first kappa shape index (κ1) is 13.7. The number of nitrogens with zero attached hydrogens (tertiary/aromatic N) is 1. The molecule has 1 aliphatic carbocycles. The second-order valence-electron chi connectivity index (χ2n) is 4.07. The van der Waals surface area contributed by atoms with Gasteiger partial charge in [-0.2, -0.15) is 0 Å². The zero-order valence-electron chi connectivity index (χ0n) is 10.5. The molecule has 1 aliphatic rings. The highest BCUT2D eigenvalue weighted by atomic mass is 16.5. The molecule has 0 aromatic heterocycles. The number of rotatable bonds is 5. The van der Waals surface area contributed by atoms with Crippen LogP contribution in [0, 0.1) is 0 Å². The minimum atomic E-state index is -0.205. The van der Waals surface area contributed by atoms with Crippen LogP contribution >= 0.6 is 0 Å². The zero-order chi connectivity index (χ0) is 12.7. The predicted octanol–water partition coefficient (Wildman–Crippen LogP) is 0.605. The summed E-state index contributed by atoms with van der Waals surface area (Å²) in [6, 6.07) is 0.0491. The van der Waals surface area contributed by atoms with Crippen LogP contribution in [0.5, 0.6) is 0 Å². The summed E-state index contributed by atoms with van der Waals surface area (Å²) in [5.74, 6) is -0.205. The Kier molecular flexibility index (Phi) is 5.69. The maximum Gasteiger partial charge on any atom is 0.307 e. The largest absolute Gasteiger partial charge is 0.469 e. The summed E-state index contributed by atoms with van der Waals surface area (Å²) >= 11 is 0. The highest BCUT2D eigenvalue weighted by Gasteiger charge is 2.18. The molecule has 96 valence electrons. The first-order valence-electron chi connectivity index (χ1n) is 5.90. The standard InChI is InChI=1S/C12H21N3O2/c1-14-8-9-10(13)4-3-5-11(9)15-7-6-12(16)17-2/h8,10,15H,3-7,13H2,1-2H3/b14-8-/t10-/m1/s1. The molecule has 0 spiro atoms. The molecule has 3 N–H and O–H groups in total. The first-order chi connectivity index (χ1) is 8.19. The second kappa shape index (κ2) is 7.06. The number of methoxy groups -OCH3 is 1. The van der Waals surface area contributed by atoms with Gasteiger partial charge in [-0.15, -0.1) is 0 Å². The highest BCUT2D eigenvalue weighted by molar-refractivity contribution is 5.81. The Labute approximate surface area is 102 Å². The van der Waals surface area contributed by atoms with Crippen molar-refractivity contribution >= 4 is 12.2 Å². The van der Waals surface area contributed by atoms with Gasteiger partial charge in [0.1, 0.15) is 0 Å². The Morgan fingerprint density at radius 2 is 2.47 bits per heavy atom. The van der Waals surface area contributed by atoms with Gasteiger partial charge in [0.2, 0.25) is 0 Å². The number of hydrogen-bond donors (Lipinski definition) is 2. The molecule has 0 bridgehead atoms. The molecule has 5 nitrogen and oxygen atoms in total. The van der Waals surface area contributed by atoms with Crippen LogP contribution in [-0.2, 0) is 9.53 Å². The van der Waals surface area contributed by atoms with Crippen molar-refractivity contribution in [2.75, 3.05) is 20.7 Å². The van der Waals surface area contributed by atoms with Gasteiger partial charge in [-0.05, 0) is 19.3 Å². The van der Waals surface area contributed by atoms with Gasteiger partial charge in [0.25, 0.3) is 0 Å². The molecule has 0 heterocycles. The fourth-order valence-corrected chi connectivity index (χ4v) is 1.94. The van der Waals surface area contributed by atoms with E-state index in [1.807, 2.05) is 6.21 Å². The van der Waals surface area contributed by atoms with Crippen molar-refractivity contribution < 1.29 is 9.53 Å². The van der Waals surface area contributed by atoms with Gasteiger partial charge < -0.3 is 15.8 Å². The lowest BCUT2D eigenvalue weighted by Gasteiger charge is -2.24. The number of nitrogens with two attached hydrogens (primary N) is 1. The van der Waals surface area contributed by atoms with E-state index in [0.29, 0.717) is 13.0 Å². The Morgan fingerprint density at radius 3 is 3.12 bits per heavy atom. The third-order valence-corrected chi connectivity index (χ3v) is 2.85. The van der Waals surface area contributed by atoms with E-state index in [-0.39, 0.29) is 12.0 Å². The van der Waals surface area contributed by atoms with E-state index in [9.17, 15) is 4.79 Å². The molecule has 17 heavy (non-hydrogen) atoms. The summed E-state index contributed by atoms with van der Waals surface area (Å²) in [5, 5.41) is 3.26. The van der Waals surface area contributed by atoms with Gasteiger partial charge in [-0.3, -0.25) is 9.79 Å². The molecule has 0 unspecified atom stereocenters. The normalized spacial score (nSPS) is 20.8. The molecule has 5 heteroatoms. The number of carbonyl (C=O) groups is 1. The molecular weight excluding hydrogens is 218 g/mol. The van der Waals surface area contributed by atoms with E-state index in [2.05, 4.69) is 15.0 Å². The molecule has 0 radical (unpaired) electrons. The molecule has 0 aromatic carbocycles. The summed E-state index contributed by atoms with van der Waals surface area (Å²) in [6.07, 6.45) is 5.21. The lowest BCUT2D eigenvalue weighted by Crippen LogP contribution is -2.32. The number of esters is 1. The molecule has 0 aliphatic heterocycles. The number of hydrogen-bond acceptors (Lipinski definition) is 5. The van der Waals surface area contributed by atoms with Crippen molar-refractivity contribution in [3.05, 3.63) is 11.3 Å². The van der Waals surface area contributed by atoms with Crippen LogP contribution in [0.3, 0.4) is 0 Å². The van der Waals surface area contributed by atoms with Gasteiger partial charge >= 0.3 is 5.97 Å². The first-order valence-corrected chi connectivity index (χ1v) is 5.90. The third kappa shape index (κ3) is 4.19. The summed E-state index contributed by atoms with van der Waals surface area (Å²) in [5.41, 5.74) is 8.20. The lowest BCUT2D eigenvalue weighted by molar-refractivity contribution is -0.140. The quantitative estimate of drug-likeness (QED) is 0.544. The maximum atomic E-state index is 11.0. The van der Waals surface area contributed by atoms with Crippen LogP contribution in [0.4, 0.5) is 0 Å². The average Bonchev–Trinajstić information content (AvgIpc) is 2.33. The topological polar surface area (TPSA) is 76.7 Å². The van der Waals surface area contributed by atoms with Crippen molar-refractivity contribution in [1.29, 1.82) is 0 Å². The van der Waals surface area contributed by atoms with Gasteiger partial charge in [0.15, 0.2) is 0 Å². The fourth-order valence-electron chi connectivity index (χ4n) is 1.94. The molecule has 0 amide bonds. The Hall–Kier alpha value is -1.36. The molecule has 0 saturated heterocycles. The summed E-state index contributed by atoms with van der Waals surface area (Å²) in [4.78, 5) is 15.0. The molecular formula is C12H21N3O2. The minimum Gasteiger partial charge on any atom is -0.469 e. The molecule has 1 rings (SSSR count). The summed E-state index contributed by atoms with van der Waals surface area (Å²) in [6.45, 7) is 0.579. The predicted molar refractivity (Wildman–Crippen MR) is 67.9 cm³/mol. The smallest absolute Gasteiger partial charge is 0.307 e. The van der Waals surface area contributed by atoms with E-state index in [1.165, 1.54) is 7.11 Å². The molecule has 0 saturated carbocycles. The van der Waals surface area contributed by atoms with Crippen LogP contribution in [0.2, 0.25) is 0 Å². The van der Waals surface area contributed by atoms with Crippen molar-refractivity contribution in [2.24, 2.45) is 10.7 Å². The van der Waals surface area contributed by atoms with Crippen LogP contribution in [0.1, 0.15) is 25.7 Å². The zero-order valence-corrected chi connectivity index (χ0v) is 10.5. The van der Waals surface area contributed by atoms with E-state index < -0.39 is 0 Å². The van der Waals surface area contributed by atoms with Gasteiger partial charge in [0, 0.05) is 37.1 Å². The molecule has 0 fully saturated rings. The average molecular weight is 239 g/mol. The van der Waals surface area contributed by atoms with Crippen LogP contribution in [0.15, 0.2) is 16.3 Å². The van der Waals surface area contributed by atoms with Crippen molar-refractivity contribution in [1.82, 2.24) is 5.32 Å². The van der Waals surface area contributed by atoms with Crippen molar-refractivity contribution in [2.45, 2.75) is 31.7 Å². The van der Waals surface area contributed by atoms with Crippen LogP contribution < -0.4 is 11.1 Å². The van der Waals surface area contributed by atoms with E-state index >= 15 is 0 Å². The van der Waals surface area contributed by atoms with E-state index in [0.717, 1.165) is 30.5 Å². The highest BCUT2D eigenvalue weighted by Crippen LogP contribution is 2.20. The van der Waals surface area contributed by atoms with Crippen LogP contribution in [0.25, 0.3) is 0 Å². The molecule has 0 aromatic rings. The van der Waals surface area contributed by atoms with Gasteiger partial charge in [0.05, 0.1) is 13.5 Å². The van der Waals surface area contributed by atoms with Crippen molar-refractivity contribution in [3.8, 4) is 0 Å². The minimum absolute atomic E-state index is 0.0491. The monoisotopic (exact) mass is 239 g/mol. The summed E-state index contributed by atoms with van der Waals surface area (Å²) < 4.78 is 4.59. The van der Waals surface area contributed by atoms with Gasteiger partial charge in [-0.1, -0.05) is 0 Å². The maximum absolute atomic E-state index is 11.0. The Bertz CT molecular complexity index is 324. The lowest BCUT2D eigenvalue weighted by atomic mass is 9.92. The SMILES string of the molecule is C/N=C\C1=C(NCCC(=O)OC)CCC[C@H]1N. The number of aliphatic imine (C=N–C) groups is 1.